The lowest BCUT2D eigenvalue weighted by atomic mass is 10.2. The predicted molar refractivity (Wildman–Crippen MR) is 117 cm³/mol. The molecule has 0 aromatic heterocycles. The van der Waals surface area contributed by atoms with Crippen molar-refractivity contribution in [2.24, 2.45) is 0 Å². The maximum atomic E-state index is 13.8. The van der Waals surface area contributed by atoms with Gasteiger partial charge < -0.3 is 9.64 Å². The molecule has 0 aliphatic carbocycles. The van der Waals surface area contributed by atoms with Crippen LogP contribution in [0.2, 0.25) is 0 Å². The third-order valence-corrected chi connectivity index (χ3v) is 5.98. The average Bonchev–Trinajstić information content (AvgIpc) is 2.75. The lowest BCUT2D eigenvalue weighted by Gasteiger charge is -2.18. The number of nitrogens with zero attached hydrogens (tertiary/aromatic N) is 1. The quantitative estimate of drug-likeness (QED) is 0.570. The Hall–Kier alpha value is -3.39. The summed E-state index contributed by atoms with van der Waals surface area (Å²) in [5.74, 6) is -0.169. The Kier molecular flexibility index (Phi) is 6.91. The number of carbonyl (C=O) groups is 1. The average molecular weight is 443 g/mol. The number of sulfonamides is 1. The number of halogens is 1. The van der Waals surface area contributed by atoms with Crippen LogP contribution in [0.15, 0.2) is 77.7 Å². The van der Waals surface area contributed by atoms with Gasteiger partial charge >= 0.3 is 0 Å². The maximum Gasteiger partial charge on any atom is 0.261 e. The van der Waals surface area contributed by atoms with Gasteiger partial charge in [-0.1, -0.05) is 30.3 Å². The van der Waals surface area contributed by atoms with E-state index >= 15 is 0 Å². The van der Waals surface area contributed by atoms with Crippen LogP contribution >= 0.6 is 0 Å². The van der Waals surface area contributed by atoms with E-state index in [9.17, 15) is 17.6 Å². The number of ether oxygens (including phenoxy) is 1. The summed E-state index contributed by atoms with van der Waals surface area (Å²) >= 11 is 0. The van der Waals surface area contributed by atoms with Crippen LogP contribution in [0.3, 0.4) is 0 Å². The van der Waals surface area contributed by atoms with Gasteiger partial charge in [0.15, 0.2) is 0 Å². The molecule has 0 aliphatic rings. The maximum absolute atomic E-state index is 13.8. The normalized spacial score (nSPS) is 11.1. The van der Waals surface area contributed by atoms with Gasteiger partial charge in [-0.15, -0.1) is 0 Å². The summed E-state index contributed by atoms with van der Waals surface area (Å²) in [7, 11) is -2.35. The smallest absolute Gasteiger partial charge is 0.261 e. The topological polar surface area (TPSA) is 75.7 Å². The van der Waals surface area contributed by atoms with Crippen molar-refractivity contribution in [2.75, 3.05) is 24.9 Å². The first-order valence-corrected chi connectivity index (χ1v) is 11.1. The van der Waals surface area contributed by atoms with Crippen LogP contribution < -0.4 is 9.46 Å². The molecule has 3 rings (SSSR count). The van der Waals surface area contributed by atoms with E-state index in [1.54, 1.807) is 26.1 Å². The van der Waals surface area contributed by atoms with Crippen molar-refractivity contribution in [2.45, 2.75) is 11.8 Å². The highest BCUT2D eigenvalue weighted by Crippen LogP contribution is 2.20. The van der Waals surface area contributed by atoms with E-state index in [0.717, 1.165) is 6.07 Å². The minimum atomic E-state index is -4.00. The van der Waals surface area contributed by atoms with Crippen LogP contribution in [-0.4, -0.2) is 39.4 Å². The van der Waals surface area contributed by atoms with Gasteiger partial charge in [-0.25, -0.2) is 12.8 Å². The summed E-state index contributed by atoms with van der Waals surface area (Å²) in [6.07, 6.45) is 0. The molecule has 0 atom stereocenters. The Balaban J connectivity index is 1.65. The molecule has 0 heterocycles. The van der Waals surface area contributed by atoms with Gasteiger partial charge in [-0.05, 0) is 55.0 Å². The van der Waals surface area contributed by atoms with E-state index in [0.29, 0.717) is 30.0 Å². The van der Waals surface area contributed by atoms with Gasteiger partial charge in [0.05, 0.1) is 11.4 Å². The standard InChI is InChI=1S/C23H23FN2O4S/c1-17-11-12-21(16-22(17)24)31(28,29)25-19-8-6-7-18(15-19)23(27)26(2)13-14-30-20-9-4-3-5-10-20/h3-12,15-16,25H,13-14H2,1-2H3. The number of benzene rings is 3. The van der Waals surface area contributed by atoms with Crippen LogP contribution in [0.25, 0.3) is 0 Å². The molecule has 31 heavy (non-hydrogen) atoms. The van der Waals surface area contributed by atoms with E-state index in [-0.39, 0.29) is 16.5 Å². The Bertz CT molecular complexity index is 1170. The molecule has 1 amide bonds. The Morgan fingerprint density at radius 2 is 1.77 bits per heavy atom. The number of rotatable bonds is 8. The van der Waals surface area contributed by atoms with Crippen molar-refractivity contribution in [1.29, 1.82) is 0 Å². The third-order valence-electron chi connectivity index (χ3n) is 4.60. The fraction of sp³-hybridized carbons (Fsp3) is 0.174. The van der Waals surface area contributed by atoms with Crippen molar-refractivity contribution >= 4 is 21.6 Å². The number of aryl methyl sites for hydroxylation is 1. The molecule has 3 aromatic carbocycles. The highest BCUT2D eigenvalue weighted by atomic mass is 32.2. The molecule has 0 bridgehead atoms. The number of hydrogen-bond acceptors (Lipinski definition) is 4. The molecule has 8 heteroatoms. The summed E-state index contributed by atoms with van der Waals surface area (Å²) in [5.41, 5.74) is 0.879. The summed E-state index contributed by atoms with van der Waals surface area (Å²) in [5, 5.41) is 0. The predicted octanol–water partition coefficient (Wildman–Crippen LogP) is 4.09. The van der Waals surface area contributed by atoms with Crippen molar-refractivity contribution in [3.05, 3.63) is 89.7 Å². The van der Waals surface area contributed by atoms with E-state index in [1.165, 1.54) is 29.2 Å². The second-order valence-electron chi connectivity index (χ2n) is 6.99. The number of anilines is 1. The van der Waals surface area contributed by atoms with Gasteiger partial charge in [0.2, 0.25) is 0 Å². The fourth-order valence-corrected chi connectivity index (χ4v) is 3.87. The minimum Gasteiger partial charge on any atom is -0.492 e. The molecular weight excluding hydrogens is 419 g/mol. The molecule has 1 N–H and O–H groups in total. The second kappa shape index (κ2) is 9.61. The zero-order valence-corrected chi connectivity index (χ0v) is 18.0. The van der Waals surface area contributed by atoms with Gasteiger partial charge in [0.25, 0.3) is 15.9 Å². The van der Waals surface area contributed by atoms with Crippen LogP contribution in [0.4, 0.5) is 10.1 Å². The monoisotopic (exact) mass is 442 g/mol. The largest absolute Gasteiger partial charge is 0.492 e. The third kappa shape index (κ3) is 5.82. The SMILES string of the molecule is Cc1ccc(S(=O)(=O)Nc2cccc(C(=O)N(C)CCOc3ccccc3)c2)cc1F. The lowest BCUT2D eigenvalue weighted by molar-refractivity contribution is 0.0774. The van der Waals surface area contributed by atoms with E-state index < -0.39 is 15.8 Å². The number of amides is 1. The molecule has 6 nitrogen and oxygen atoms in total. The molecule has 0 fully saturated rings. The van der Waals surface area contributed by atoms with Gasteiger partial charge in [-0.2, -0.15) is 0 Å². The minimum absolute atomic E-state index is 0.192. The molecule has 162 valence electrons. The molecular formula is C23H23FN2O4S. The first-order chi connectivity index (χ1) is 14.8. The molecule has 0 radical (unpaired) electrons. The van der Waals surface area contributed by atoms with E-state index in [2.05, 4.69) is 4.72 Å². The summed E-state index contributed by atoms with van der Waals surface area (Å²) in [4.78, 5) is 14.0. The zero-order chi connectivity index (χ0) is 22.4. The number of carbonyl (C=O) groups excluding carboxylic acids is 1. The van der Waals surface area contributed by atoms with Crippen molar-refractivity contribution in [3.63, 3.8) is 0 Å². The number of nitrogens with one attached hydrogen (secondary N) is 1. The van der Waals surface area contributed by atoms with Gasteiger partial charge in [-0.3, -0.25) is 9.52 Å². The molecule has 0 spiro atoms. The van der Waals surface area contributed by atoms with Crippen LogP contribution in [0.5, 0.6) is 5.75 Å². The van der Waals surface area contributed by atoms with Crippen molar-refractivity contribution in [1.82, 2.24) is 4.90 Å². The number of hydrogen-bond donors (Lipinski definition) is 1. The molecule has 0 aliphatic heterocycles. The van der Waals surface area contributed by atoms with Crippen molar-refractivity contribution in [3.8, 4) is 5.75 Å². The summed E-state index contributed by atoms with van der Waals surface area (Å²) in [6, 6.07) is 19.1. The summed E-state index contributed by atoms with van der Waals surface area (Å²) < 4.78 is 46.9. The first-order valence-electron chi connectivity index (χ1n) is 9.58. The number of para-hydroxylation sites is 1. The Labute approximate surface area is 181 Å². The van der Waals surface area contributed by atoms with Crippen LogP contribution in [0, 0.1) is 12.7 Å². The van der Waals surface area contributed by atoms with Crippen LogP contribution in [-0.2, 0) is 10.0 Å². The highest BCUT2D eigenvalue weighted by Gasteiger charge is 2.18. The van der Waals surface area contributed by atoms with Crippen LogP contribution in [0.1, 0.15) is 15.9 Å². The molecule has 0 saturated heterocycles. The Morgan fingerprint density at radius 1 is 1.03 bits per heavy atom. The van der Waals surface area contributed by atoms with Gasteiger partial charge in [0, 0.05) is 18.3 Å². The lowest BCUT2D eigenvalue weighted by Crippen LogP contribution is -2.31. The van der Waals surface area contributed by atoms with Gasteiger partial charge in [0.1, 0.15) is 18.2 Å². The molecule has 0 saturated carbocycles. The fourth-order valence-electron chi connectivity index (χ4n) is 2.81. The van der Waals surface area contributed by atoms with E-state index in [4.69, 9.17) is 4.74 Å². The van der Waals surface area contributed by atoms with E-state index in [1.807, 2.05) is 30.3 Å². The second-order valence-corrected chi connectivity index (χ2v) is 8.67. The molecule has 0 unspecified atom stereocenters. The molecule has 3 aromatic rings. The Morgan fingerprint density at radius 3 is 2.48 bits per heavy atom. The summed E-state index contributed by atoms with van der Waals surface area (Å²) in [6.45, 7) is 2.22. The van der Waals surface area contributed by atoms with Crippen molar-refractivity contribution < 1.29 is 22.3 Å². The number of likely N-dealkylation sites (N-methyl/N-ethyl adjacent to an activating group) is 1. The zero-order valence-electron chi connectivity index (χ0n) is 17.2. The highest BCUT2D eigenvalue weighted by molar-refractivity contribution is 7.92. The first kappa shape index (κ1) is 22.3.